The molecule has 0 fully saturated rings. The molecule has 43 heavy (non-hydrogen) atoms. The van der Waals surface area contributed by atoms with Crippen molar-refractivity contribution in [1.82, 2.24) is 25.3 Å². The van der Waals surface area contributed by atoms with E-state index in [4.69, 9.17) is 5.73 Å². The van der Waals surface area contributed by atoms with E-state index >= 15 is 0 Å². The predicted octanol–water partition coefficient (Wildman–Crippen LogP) is 5.14. The molecule has 12 heteroatoms. The van der Waals surface area contributed by atoms with Gasteiger partial charge in [-0.2, -0.15) is 5.26 Å². The Morgan fingerprint density at radius 1 is 1.00 bits per heavy atom. The van der Waals surface area contributed by atoms with Gasteiger partial charge < -0.3 is 21.5 Å². The lowest BCUT2D eigenvalue weighted by Crippen LogP contribution is -2.29. The Labute approximate surface area is 244 Å². The van der Waals surface area contributed by atoms with E-state index in [-0.39, 0.29) is 35.3 Å². The highest BCUT2D eigenvalue weighted by atomic mass is 19.2. The van der Waals surface area contributed by atoms with E-state index in [1.165, 1.54) is 12.3 Å². The summed E-state index contributed by atoms with van der Waals surface area (Å²) >= 11 is 0. The summed E-state index contributed by atoms with van der Waals surface area (Å²) in [5.74, 6) is -2.21. The maximum atomic E-state index is 13.7. The Morgan fingerprint density at radius 2 is 1.79 bits per heavy atom. The number of carbonyl (C=O) groups is 1. The van der Waals surface area contributed by atoms with Crippen molar-refractivity contribution in [2.45, 2.75) is 19.5 Å². The van der Waals surface area contributed by atoms with Crippen LogP contribution in [0.3, 0.4) is 0 Å². The number of nitrogens with zero attached hydrogens (tertiary/aromatic N) is 5. The molecular formula is C31H24F2N8O2. The van der Waals surface area contributed by atoms with Crippen molar-refractivity contribution < 1.29 is 18.7 Å². The van der Waals surface area contributed by atoms with Crippen molar-refractivity contribution in [3.63, 3.8) is 0 Å². The summed E-state index contributed by atoms with van der Waals surface area (Å²) in [4.78, 5) is 30.3. The number of aromatic nitrogens is 4. The summed E-state index contributed by atoms with van der Waals surface area (Å²) in [5.41, 5.74) is 9.49. The molecule has 1 amide bonds. The Bertz CT molecular complexity index is 1860. The summed E-state index contributed by atoms with van der Waals surface area (Å²) in [7, 11) is 0. The molecule has 10 nitrogen and oxygen atoms in total. The summed E-state index contributed by atoms with van der Waals surface area (Å²) in [5, 5.41) is 24.9. The van der Waals surface area contributed by atoms with Gasteiger partial charge in [-0.15, -0.1) is 0 Å². The van der Waals surface area contributed by atoms with Gasteiger partial charge >= 0.3 is 0 Å². The van der Waals surface area contributed by atoms with E-state index in [9.17, 15) is 23.9 Å². The minimum absolute atomic E-state index is 0.0600. The first-order valence-corrected chi connectivity index (χ1v) is 13.0. The zero-order valence-electron chi connectivity index (χ0n) is 22.7. The van der Waals surface area contributed by atoms with Gasteiger partial charge in [-0.05, 0) is 42.3 Å². The lowest BCUT2D eigenvalue weighted by atomic mass is 10.1. The van der Waals surface area contributed by atoms with Gasteiger partial charge in [0.25, 0.3) is 5.91 Å². The van der Waals surface area contributed by atoms with Gasteiger partial charge in [-0.25, -0.2) is 28.7 Å². The van der Waals surface area contributed by atoms with Crippen LogP contribution in [0.4, 0.5) is 20.4 Å². The molecule has 0 aliphatic rings. The van der Waals surface area contributed by atoms with Gasteiger partial charge in [0.2, 0.25) is 0 Å². The summed E-state index contributed by atoms with van der Waals surface area (Å²) < 4.78 is 27.0. The second-order valence-corrected chi connectivity index (χ2v) is 9.52. The van der Waals surface area contributed by atoms with Crippen LogP contribution >= 0.6 is 0 Å². The highest BCUT2D eigenvalue weighted by Crippen LogP contribution is 2.28. The number of anilines is 2. The topological polar surface area (TPSA) is 163 Å². The zero-order chi connectivity index (χ0) is 30.5. The van der Waals surface area contributed by atoms with Gasteiger partial charge in [0.05, 0.1) is 24.1 Å². The molecule has 5 N–H and O–H groups in total. The van der Waals surface area contributed by atoms with Crippen LogP contribution in [0.1, 0.15) is 40.3 Å². The Balaban J connectivity index is 1.31. The highest BCUT2D eigenvalue weighted by Gasteiger charge is 2.20. The lowest BCUT2D eigenvalue weighted by molar-refractivity contribution is 0.0935. The Morgan fingerprint density at radius 3 is 2.51 bits per heavy atom. The lowest BCUT2D eigenvalue weighted by Gasteiger charge is -2.16. The van der Waals surface area contributed by atoms with Gasteiger partial charge in [-0.1, -0.05) is 42.5 Å². The smallest absolute Gasteiger partial charge is 0.274 e. The minimum Gasteiger partial charge on any atom is -0.508 e. The third-order valence-corrected chi connectivity index (χ3v) is 6.52. The van der Waals surface area contributed by atoms with Crippen LogP contribution in [-0.4, -0.2) is 30.9 Å². The number of hydrogen-bond acceptors (Lipinski definition) is 9. The number of rotatable bonds is 8. The average molecular weight is 579 g/mol. The number of nitrogens with two attached hydrogens (primary N) is 1. The first-order chi connectivity index (χ1) is 20.7. The van der Waals surface area contributed by atoms with Gasteiger partial charge in [0.1, 0.15) is 23.3 Å². The number of nitriles is 1. The summed E-state index contributed by atoms with van der Waals surface area (Å²) in [6, 6.07) is 18.5. The van der Waals surface area contributed by atoms with Crippen molar-refractivity contribution in [3.8, 4) is 34.3 Å². The molecule has 2 heterocycles. The van der Waals surface area contributed by atoms with E-state index in [0.29, 0.717) is 22.5 Å². The molecule has 0 spiro atoms. The normalized spacial score (nSPS) is 11.4. The largest absolute Gasteiger partial charge is 0.508 e. The quantitative estimate of drug-likeness (QED) is 0.195. The van der Waals surface area contributed by atoms with E-state index in [1.807, 2.05) is 30.3 Å². The number of hydrogen-bond donors (Lipinski definition) is 4. The monoisotopic (exact) mass is 578 g/mol. The summed E-state index contributed by atoms with van der Waals surface area (Å²) in [6.07, 6.45) is 2.80. The molecule has 0 radical (unpaired) electrons. The van der Waals surface area contributed by atoms with Gasteiger partial charge in [0, 0.05) is 17.7 Å². The maximum Gasteiger partial charge on any atom is 0.274 e. The molecule has 0 bridgehead atoms. The molecule has 0 unspecified atom stereocenters. The maximum absolute atomic E-state index is 13.7. The van der Waals surface area contributed by atoms with Crippen LogP contribution in [0.15, 0.2) is 79.1 Å². The van der Waals surface area contributed by atoms with Crippen LogP contribution in [0.5, 0.6) is 5.75 Å². The fourth-order valence-corrected chi connectivity index (χ4v) is 4.24. The minimum atomic E-state index is -1.03. The van der Waals surface area contributed by atoms with Crippen LogP contribution < -0.4 is 16.4 Å². The van der Waals surface area contributed by atoms with Gasteiger partial charge in [0.15, 0.2) is 28.8 Å². The first-order valence-electron chi connectivity index (χ1n) is 13.0. The second kappa shape index (κ2) is 12.3. The van der Waals surface area contributed by atoms with Crippen molar-refractivity contribution in [2.24, 2.45) is 0 Å². The second-order valence-electron chi connectivity index (χ2n) is 9.52. The van der Waals surface area contributed by atoms with Crippen LogP contribution in [-0.2, 0) is 6.54 Å². The molecular weight excluding hydrogens is 554 g/mol. The molecule has 214 valence electrons. The molecule has 2 aromatic heterocycles. The van der Waals surface area contributed by atoms with Crippen LogP contribution in [0.2, 0.25) is 0 Å². The van der Waals surface area contributed by atoms with Gasteiger partial charge in [-0.3, -0.25) is 4.79 Å². The third-order valence-electron chi connectivity index (χ3n) is 6.52. The number of amides is 1. The number of nitrogen functional groups attached to an aromatic ring is 1. The number of carbonyl (C=O) groups excluding carboxylic acids is 1. The van der Waals surface area contributed by atoms with Crippen molar-refractivity contribution in [2.75, 3.05) is 11.1 Å². The van der Waals surface area contributed by atoms with Crippen LogP contribution in [0, 0.1) is 23.0 Å². The molecule has 1 atom stereocenters. The molecule has 5 aromatic rings. The molecule has 0 aliphatic carbocycles. The van der Waals surface area contributed by atoms with Crippen molar-refractivity contribution in [1.29, 1.82) is 5.26 Å². The SMILES string of the molecule is C[C@H](NC(=O)c1nc(C#N)cnc1NCc1ccc(-c2cnc(N)c(-c3cccc(O)c3)n2)cc1)c1ccc(F)c(F)c1. The number of aromatic hydroxyl groups is 1. The highest BCUT2D eigenvalue weighted by molar-refractivity contribution is 5.97. The van der Waals surface area contributed by atoms with Crippen molar-refractivity contribution >= 4 is 17.5 Å². The number of benzene rings is 3. The number of phenols is 1. The molecule has 0 saturated heterocycles. The molecule has 0 saturated carbocycles. The fourth-order valence-electron chi connectivity index (χ4n) is 4.24. The third kappa shape index (κ3) is 6.52. The zero-order valence-corrected chi connectivity index (χ0v) is 22.7. The van der Waals surface area contributed by atoms with E-state index in [1.54, 1.807) is 37.4 Å². The first kappa shape index (κ1) is 28.6. The number of halogens is 2. The predicted molar refractivity (Wildman–Crippen MR) is 155 cm³/mol. The fraction of sp³-hybridized carbons (Fsp3) is 0.0968. The molecule has 0 aliphatic heterocycles. The van der Waals surface area contributed by atoms with E-state index in [0.717, 1.165) is 23.3 Å². The van der Waals surface area contributed by atoms with E-state index < -0.39 is 23.6 Å². The summed E-state index contributed by atoms with van der Waals surface area (Å²) in [6.45, 7) is 1.88. The number of nitrogens with one attached hydrogen (secondary N) is 2. The Kier molecular flexibility index (Phi) is 8.15. The number of phenolic OH excluding ortho intramolecular Hbond substituents is 1. The molecule has 5 rings (SSSR count). The Hall–Kier alpha value is -5.96. The standard InChI is InChI=1S/C31H24F2N8O2/c1-17(20-9-10-24(32)25(33)12-20)39-31(43)28-30(38-15-22(13-34)40-28)37-14-18-5-7-19(8-6-18)26-16-36-29(35)27(41-26)21-3-2-4-23(42)11-21/h2-12,15-17,42H,14H2,1H3,(H2,35,36)(H,37,38)(H,39,43)/t17-/m0/s1. The van der Waals surface area contributed by atoms with Crippen LogP contribution in [0.25, 0.3) is 22.5 Å². The average Bonchev–Trinajstić information content (AvgIpc) is 3.01. The molecule has 3 aromatic carbocycles. The van der Waals surface area contributed by atoms with Crippen molar-refractivity contribution in [3.05, 3.63) is 113 Å². The van der Waals surface area contributed by atoms with E-state index in [2.05, 4.69) is 30.6 Å².